The van der Waals surface area contributed by atoms with E-state index < -0.39 is 62.3 Å². The number of para-hydroxylation sites is 1. The minimum absolute atomic E-state index is 0.00285. The van der Waals surface area contributed by atoms with Gasteiger partial charge in [-0.2, -0.15) is 10.1 Å². The SMILES string of the molecule is CCCCCC(=O)Nc1ccn([C@@H]2O[C@H](CO[P@@](=O)(N[C@@H](C)C(=O)OC(C)C)Oc3ccccc3)[C@@H](O)[C@@]2(C)F)c(=O)n1. The number of hydrogen-bond donors (Lipinski definition) is 3. The highest BCUT2D eigenvalue weighted by molar-refractivity contribution is 7.52. The van der Waals surface area contributed by atoms with Crippen molar-refractivity contribution in [2.24, 2.45) is 0 Å². The van der Waals surface area contributed by atoms with E-state index in [1.165, 1.54) is 31.3 Å². The minimum Gasteiger partial charge on any atom is -0.462 e. The Bertz CT molecular complexity index is 1340. The van der Waals surface area contributed by atoms with Crippen molar-refractivity contribution in [3.05, 3.63) is 53.1 Å². The molecule has 0 aliphatic carbocycles. The van der Waals surface area contributed by atoms with Crippen molar-refractivity contribution in [2.75, 3.05) is 11.9 Å². The van der Waals surface area contributed by atoms with Crippen LogP contribution in [0.15, 0.2) is 47.4 Å². The van der Waals surface area contributed by atoms with E-state index in [1.807, 2.05) is 6.92 Å². The van der Waals surface area contributed by atoms with E-state index >= 15 is 4.39 Å². The first-order valence-electron chi connectivity index (χ1n) is 14.1. The van der Waals surface area contributed by atoms with Gasteiger partial charge in [0.25, 0.3) is 0 Å². The number of alkyl halides is 1. The molecule has 1 fully saturated rings. The van der Waals surface area contributed by atoms with Gasteiger partial charge in [0.1, 0.15) is 29.8 Å². The number of carbonyl (C=O) groups excluding carboxylic acids is 2. The van der Waals surface area contributed by atoms with E-state index in [1.54, 1.807) is 32.0 Å². The van der Waals surface area contributed by atoms with Crippen molar-refractivity contribution < 1.29 is 42.2 Å². The van der Waals surface area contributed by atoms with Crippen LogP contribution in [0.1, 0.15) is 66.5 Å². The molecule has 43 heavy (non-hydrogen) atoms. The molecule has 0 spiro atoms. The van der Waals surface area contributed by atoms with Crippen LogP contribution in [-0.4, -0.2) is 63.2 Å². The van der Waals surface area contributed by atoms with Crippen LogP contribution in [0.3, 0.4) is 0 Å². The van der Waals surface area contributed by atoms with Gasteiger partial charge < -0.3 is 24.4 Å². The highest BCUT2D eigenvalue weighted by Gasteiger charge is 2.56. The molecule has 238 valence electrons. The van der Waals surface area contributed by atoms with Crippen molar-refractivity contribution in [2.45, 2.75) is 96.6 Å². The number of rotatable bonds is 15. The average Bonchev–Trinajstić information content (AvgIpc) is 3.15. The largest absolute Gasteiger partial charge is 0.462 e. The number of unbranched alkanes of at least 4 members (excludes halogenated alkanes) is 2. The number of aliphatic hydroxyl groups is 1. The maximum atomic E-state index is 15.8. The molecular weight excluding hydrogens is 586 g/mol. The molecule has 1 aliphatic heterocycles. The molecule has 1 aliphatic rings. The average molecular weight is 627 g/mol. The summed E-state index contributed by atoms with van der Waals surface area (Å²) in [6.45, 7) is 7.13. The summed E-state index contributed by atoms with van der Waals surface area (Å²) in [7, 11) is -4.33. The minimum atomic E-state index is -4.33. The lowest BCUT2D eigenvalue weighted by Gasteiger charge is -2.25. The van der Waals surface area contributed by atoms with Gasteiger partial charge in [0.2, 0.25) is 5.91 Å². The third-order valence-corrected chi connectivity index (χ3v) is 8.15. The molecule has 0 bridgehead atoms. The molecule has 6 atom stereocenters. The Labute approximate surface area is 249 Å². The van der Waals surface area contributed by atoms with Gasteiger partial charge in [-0.25, -0.2) is 13.8 Å². The second-order valence-electron chi connectivity index (χ2n) is 10.7. The zero-order chi connectivity index (χ0) is 31.8. The normalized spacial score (nSPS) is 23.9. The summed E-state index contributed by atoms with van der Waals surface area (Å²) >= 11 is 0. The predicted octanol–water partition coefficient (Wildman–Crippen LogP) is 3.88. The monoisotopic (exact) mass is 626 g/mol. The van der Waals surface area contributed by atoms with Gasteiger partial charge in [-0.15, -0.1) is 0 Å². The third kappa shape index (κ3) is 9.41. The molecule has 3 rings (SSSR count). The molecule has 1 aromatic carbocycles. The van der Waals surface area contributed by atoms with Gasteiger partial charge in [-0.05, 0) is 52.3 Å². The number of aliphatic hydroxyl groups excluding tert-OH is 1. The molecule has 15 heteroatoms. The highest BCUT2D eigenvalue weighted by atomic mass is 31.2. The summed E-state index contributed by atoms with van der Waals surface area (Å²) in [6, 6.07) is 8.20. The molecule has 3 N–H and O–H groups in total. The van der Waals surface area contributed by atoms with Crippen molar-refractivity contribution in [1.29, 1.82) is 0 Å². The summed E-state index contributed by atoms with van der Waals surface area (Å²) in [4.78, 5) is 41.0. The Kier molecular flexibility index (Phi) is 12.0. The first-order chi connectivity index (χ1) is 20.3. The Morgan fingerprint density at radius 1 is 1.21 bits per heavy atom. The number of ether oxygens (including phenoxy) is 2. The van der Waals surface area contributed by atoms with Crippen LogP contribution in [0.25, 0.3) is 0 Å². The number of benzene rings is 1. The molecule has 13 nitrogen and oxygen atoms in total. The lowest BCUT2D eigenvalue weighted by Crippen LogP contribution is -2.43. The Morgan fingerprint density at radius 3 is 2.53 bits per heavy atom. The molecular formula is C28H40FN4O9P. The standard InChI is InChI=1S/C28H40FN4O9P/c1-6-7-9-14-23(34)30-22-15-16-33(27(37)31-22)26-28(5,29)24(35)21(41-26)17-39-43(38,42-20-12-10-8-11-13-20)32-19(4)25(36)40-18(2)3/h8,10-13,15-16,18-19,21,24,26,35H,6-7,9,14,17H2,1-5H3,(H,32,38)(H,30,31,34,37)/t19-,21+,24+,26+,28+,43-/m0/s1. The van der Waals surface area contributed by atoms with Gasteiger partial charge in [0, 0.05) is 12.6 Å². The van der Waals surface area contributed by atoms with Gasteiger partial charge in [-0.1, -0.05) is 38.0 Å². The summed E-state index contributed by atoms with van der Waals surface area (Å²) in [5, 5.41) is 15.8. The number of anilines is 1. The number of hydrogen-bond acceptors (Lipinski definition) is 10. The van der Waals surface area contributed by atoms with Crippen LogP contribution < -0.4 is 20.6 Å². The van der Waals surface area contributed by atoms with Crippen molar-refractivity contribution in [3.8, 4) is 5.75 Å². The second-order valence-corrected chi connectivity index (χ2v) is 12.4. The molecule has 0 saturated carbocycles. The number of nitrogens with zero attached hydrogens (tertiary/aromatic N) is 2. The zero-order valence-corrected chi connectivity index (χ0v) is 25.8. The first-order valence-corrected chi connectivity index (χ1v) is 15.7. The molecule has 0 radical (unpaired) electrons. The van der Waals surface area contributed by atoms with Gasteiger partial charge >= 0.3 is 19.4 Å². The number of esters is 1. The highest BCUT2D eigenvalue weighted by Crippen LogP contribution is 2.47. The summed E-state index contributed by atoms with van der Waals surface area (Å²) < 4.78 is 52.3. The number of amides is 1. The second kappa shape index (κ2) is 15.0. The van der Waals surface area contributed by atoms with Crippen LogP contribution in [0.2, 0.25) is 0 Å². The van der Waals surface area contributed by atoms with Crippen LogP contribution in [0.5, 0.6) is 5.75 Å². The van der Waals surface area contributed by atoms with E-state index in [4.69, 9.17) is 18.5 Å². The van der Waals surface area contributed by atoms with Crippen LogP contribution >= 0.6 is 7.75 Å². The summed E-state index contributed by atoms with van der Waals surface area (Å²) in [6.07, 6.45) is -1.30. The van der Waals surface area contributed by atoms with Crippen molar-refractivity contribution in [3.63, 3.8) is 0 Å². The maximum absolute atomic E-state index is 15.8. The van der Waals surface area contributed by atoms with E-state index in [0.717, 1.165) is 24.3 Å². The van der Waals surface area contributed by atoms with Crippen molar-refractivity contribution in [1.82, 2.24) is 14.6 Å². The zero-order valence-electron chi connectivity index (χ0n) is 24.9. The lowest BCUT2D eigenvalue weighted by atomic mass is 9.98. The third-order valence-electron chi connectivity index (χ3n) is 6.51. The molecule has 2 aromatic rings. The fourth-order valence-corrected chi connectivity index (χ4v) is 5.76. The summed E-state index contributed by atoms with van der Waals surface area (Å²) in [5.74, 6) is -0.867. The number of halogens is 1. The fourth-order valence-electron chi connectivity index (χ4n) is 4.26. The van der Waals surface area contributed by atoms with Crippen molar-refractivity contribution >= 4 is 25.4 Å². The molecule has 0 unspecified atom stereocenters. The number of nitrogens with one attached hydrogen (secondary N) is 2. The van der Waals surface area contributed by atoms with E-state index in [0.29, 0.717) is 6.42 Å². The summed E-state index contributed by atoms with van der Waals surface area (Å²) in [5.41, 5.74) is -3.43. The topological polar surface area (TPSA) is 167 Å². The molecule has 1 aromatic heterocycles. The fraction of sp³-hybridized carbons (Fsp3) is 0.571. The Hall–Kier alpha value is -3.16. The smallest absolute Gasteiger partial charge is 0.459 e. The van der Waals surface area contributed by atoms with Gasteiger partial charge in [-0.3, -0.25) is 18.7 Å². The quantitative estimate of drug-likeness (QED) is 0.149. The molecule has 1 saturated heterocycles. The predicted molar refractivity (Wildman–Crippen MR) is 155 cm³/mol. The lowest BCUT2D eigenvalue weighted by molar-refractivity contribution is -0.149. The van der Waals surface area contributed by atoms with Crippen LogP contribution in [0.4, 0.5) is 10.2 Å². The Morgan fingerprint density at radius 2 is 1.91 bits per heavy atom. The number of aromatic nitrogens is 2. The van der Waals surface area contributed by atoms with Crippen LogP contribution in [0, 0.1) is 0 Å². The first kappa shape index (κ1) is 34.3. The van der Waals surface area contributed by atoms with E-state index in [-0.39, 0.29) is 23.9 Å². The molecule has 1 amide bonds. The van der Waals surface area contributed by atoms with E-state index in [2.05, 4.69) is 15.4 Å². The number of carbonyl (C=O) groups is 2. The molecule has 2 heterocycles. The Balaban J connectivity index is 1.74. The van der Waals surface area contributed by atoms with Gasteiger partial charge in [0.15, 0.2) is 11.9 Å². The van der Waals surface area contributed by atoms with Crippen LogP contribution in [-0.2, 0) is 28.2 Å². The van der Waals surface area contributed by atoms with E-state index in [9.17, 15) is 24.1 Å². The van der Waals surface area contributed by atoms with Gasteiger partial charge in [0.05, 0.1) is 12.7 Å². The maximum Gasteiger partial charge on any atom is 0.459 e.